The molecule has 1 N–H and O–H groups in total. The number of halogens is 2. The summed E-state index contributed by atoms with van der Waals surface area (Å²) < 4.78 is 62.3. The topological polar surface area (TPSA) is 109 Å². The van der Waals surface area contributed by atoms with E-state index in [1.165, 1.54) is 8.61 Å². The van der Waals surface area contributed by atoms with Crippen LogP contribution in [0.4, 0.5) is 14.5 Å². The number of alkyl halides is 2. The molecule has 10 nitrogen and oxygen atoms in total. The third-order valence-electron chi connectivity index (χ3n) is 6.36. The third-order valence-corrected chi connectivity index (χ3v) is 8.17. The Hall–Kier alpha value is -3.42. The van der Waals surface area contributed by atoms with Crippen LogP contribution in [-0.4, -0.2) is 58.5 Å². The lowest BCUT2D eigenvalue weighted by Crippen LogP contribution is -2.73. The van der Waals surface area contributed by atoms with E-state index in [9.17, 15) is 17.2 Å². The summed E-state index contributed by atoms with van der Waals surface area (Å²) in [7, 11) is -3.77. The van der Waals surface area contributed by atoms with Crippen molar-refractivity contribution in [3.8, 4) is 11.5 Å². The summed E-state index contributed by atoms with van der Waals surface area (Å²) in [5.41, 5.74) is 2.04. The van der Waals surface area contributed by atoms with E-state index in [0.717, 1.165) is 13.1 Å². The fourth-order valence-electron chi connectivity index (χ4n) is 4.44. The molecule has 0 radical (unpaired) electrons. The Bertz CT molecular complexity index is 1480. The minimum absolute atomic E-state index is 0.0290. The highest BCUT2D eigenvalue weighted by atomic mass is 32.2. The van der Waals surface area contributed by atoms with Gasteiger partial charge in [-0.05, 0) is 24.3 Å². The number of anilines is 1. The second kappa shape index (κ2) is 8.07. The molecule has 0 unspecified atom stereocenters. The zero-order chi connectivity index (χ0) is 24.2. The molecule has 0 bridgehead atoms. The molecule has 1 aromatic carbocycles. The molecule has 1 spiro atoms. The molecule has 6 rings (SSSR count). The van der Waals surface area contributed by atoms with Crippen molar-refractivity contribution in [1.82, 2.24) is 29.2 Å². The first kappa shape index (κ1) is 22.1. The zero-order valence-electron chi connectivity index (χ0n) is 18.4. The van der Waals surface area contributed by atoms with Crippen molar-refractivity contribution in [1.29, 1.82) is 0 Å². The van der Waals surface area contributed by atoms with Gasteiger partial charge in [-0.1, -0.05) is 18.2 Å². The maximum atomic E-state index is 13.6. The number of para-hydroxylation sites is 1. The van der Waals surface area contributed by atoms with Crippen LogP contribution in [0.15, 0.2) is 59.3 Å². The quantitative estimate of drug-likeness (QED) is 0.414. The predicted molar refractivity (Wildman–Crippen MR) is 122 cm³/mol. The Morgan fingerprint density at radius 1 is 1.14 bits per heavy atom. The Labute approximate surface area is 199 Å². The molecule has 2 fully saturated rings. The van der Waals surface area contributed by atoms with Crippen molar-refractivity contribution in [2.24, 2.45) is 5.41 Å². The van der Waals surface area contributed by atoms with Crippen LogP contribution in [0.25, 0.3) is 17.1 Å². The van der Waals surface area contributed by atoms with E-state index in [1.807, 2.05) is 6.07 Å². The zero-order valence-corrected chi connectivity index (χ0v) is 19.2. The normalized spacial score (nSPS) is 17.6. The number of hydrogen-bond donors (Lipinski definition) is 1. The largest absolute Gasteiger partial charge is 0.415 e. The summed E-state index contributed by atoms with van der Waals surface area (Å²) in [5, 5.41) is 10.2. The predicted octanol–water partition coefficient (Wildman–Crippen LogP) is 2.48. The standard InChI is InChI=1S/C22H21F2N7O3S/c23-19(24)21-28-27-20(34-21)15-6-7-29-9-16(26-18(29)8-15)10-31(17-4-2-1-3-5-17)35(32,33)30-13-22(14-30)11-25-12-22/h1-9,19,25H,10-14H2. The van der Waals surface area contributed by atoms with Gasteiger partial charge in [0.15, 0.2) is 0 Å². The Balaban J connectivity index is 1.30. The van der Waals surface area contributed by atoms with E-state index >= 15 is 0 Å². The van der Waals surface area contributed by atoms with Gasteiger partial charge in [0.25, 0.3) is 5.89 Å². The van der Waals surface area contributed by atoms with Gasteiger partial charge in [-0.2, -0.15) is 21.5 Å². The Kier molecular flexibility index (Phi) is 5.09. The van der Waals surface area contributed by atoms with Gasteiger partial charge in [-0.3, -0.25) is 4.31 Å². The maximum absolute atomic E-state index is 13.6. The molecular formula is C22H21F2N7O3S. The summed E-state index contributed by atoms with van der Waals surface area (Å²) in [6, 6.07) is 12.2. The first-order valence-corrected chi connectivity index (χ1v) is 12.4. The second-order valence-electron chi connectivity index (χ2n) is 8.88. The second-order valence-corrected chi connectivity index (χ2v) is 10.7. The molecule has 2 aliphatic rings. The van der Waals surface area contributed by atoms with Gasteiger partial charge >= 0.3 is 16.6 Å². The van der Waals surface area contributed by atoms with E-state index in [0.29, 0.717) is 35.7 Å². The van der Waals surface area contributed by atoms with Crippen molar-refractivity contribution in [3.05, 3.63) is 66.4 Å². The number of aromatic nitrogens is 4. The lowest BCUT2D eigenvalue weighted by atomic mass is 9.76. The summed E-state index contributed by atoms with van der Waals surface area (Å²) in [6.45, 7) is 2.67. The van der Waals surface area contributed by atoms with E-state index in [4.69, 9.17) is 4.42 Å². The van der Waals surface area contributed by atoms with Crippen LogP contribution in [0, 0.1) is 5.41 Å². The Morgan fingerprint density at radius 3 is 2.57 bits per heavy atom. The molecule has 2 aliphatic heterocycles. The molecular weight excluding hydrogens is 480 g/mol. The summed E-state index contributed by atoms with van der Waals surface area (Å²) >= 11 is 0. The summed E-state index contributed by atoms with van der Waals surface area (Å²) in [5.74, 6) is -0.795. The van der Waals surface area contributed by atoms with Crippen LogP contribution >= 0.6 is 0 Å². The Morgan fingerprint density at radius 2 is 1.91 bits per heavy atom. The first-order chi connectivity index (χ1) is 16.8. The summed E-state index contributed by atoms with van der Waals surface area (Å²) in [4.78, 5) is 4.57. The highest BCUT2D eigenvalue weighted by Crippen LogP contribution is 2.38. The summed E-state index contributed by atoms with van der Waals surface area (Å²) in [6.07, 6.45) is 0.555. The number of hydrogen-bond acceptors (Lipinski definition) is 7. The van der Waals surface area contributed by atoms with Crippen LogP contribution in [0.1, 0.15) is 18.0 Å². The van der Waals surface area contributed by atoms with Crippen LogP contribution in [-0.2, 0) is 16.8 Å². The molecule has 2 saturated heterocycles. The number of fused-ring (bicyclic) bond motifs is 1. The van der Waals surface area contributed by atoms with Crippen molar-refractivity contribution < 1.29 is 21.6 Å². The fraction of sp³-hybridized carbons (Fsp3) is 0.318. The van der Waals surface area contributed by atoms with Crippen molar-refractivity contribution in [2.75, 3.05) is 30.5 Å². The lowest BCUT2D eigenvalue weighted by Gasteiger charge is -2.55. The molecule has 5 heterocycles. The lowest BCUT2D eigenvalue weighted by molar-refractivity contribution is 0.0162. The molecule has 4 aromatic rings. The van der Waals surface area contributed by atoms with Gasteiger partial charge in [0.1, 0.15) is 5.65 Å². The molecule has 0 aliphatic carbocycles. The minimum atomic E-state index is -3.77. The number of nitrogens with zero attached hydrogens (tertiary/aromatic N) is 6. The van der Waals surface area contributed by atoms with E-state index < -0.39 is 22.5 Å². The van der Waals surface area contributed by atoms with Crippen molar-refractivity contribution in [3.63, 3.8) is 0 Å². The molecule has 0 amide bonds. The average Bonchev–Trinajstić information content (AvgIpc) is 3.42. The SMILES string of the molecule is O=S(=O)(N1CC2(CNC2)C1)N(Cc1cn2ccc(-c3nnc(C(F)F)o3)cc2n1)c1ccccc1. The van der Waals surface area contributed by atoms with Gasteiger partial charge in [0.05, 0.1) is 17.9 Å². The highest BCUT2D eigenvalue weighted by molar-refractivity contribution is 7.90. The minimum Gasteiger partial charge on any atom is -0.415 e. The number of pyridine rings is 1. The van der Waals surface area contributed by atoms with E-state index in [2.05, 4.69) is 20.5 Å². The number of benzene rings is 1. The monoisotopic (exact) mass is 501 g/mol. The molecule has 35 heavy (non-hydrogen) atoms. The fourth-order valence-corrected chi connectivity index (χ4v) is 6.27. The van der Waals surface area contributed by atoms with Crippen LogP contribution in [0.3, 0.4) is 0 Å². The van der Waals surface area contributed by atoms with Crippen molar-refractivity contribution in [2.45, 2.75) is 13.0 Å². The van der Waals surface area contributed by atoms with Gasteiger partial charge in [0.2, 0.25) is 5.89 Å². The number of nitrogens with one attached hydrogen (secondary N) is 1. The number of rotatable bonds is 7. The van der Waals surface area contributed by atoms with E-state index in [-0.39, 0.29) is 17.9 Å². The number of imidazole rings is 1. The van der Waals surface area contributed by atoms with Crippen molar-refractivity contribution >= 4 is 21.5 Å². The highest BCUT2D eigenvalue weighted by Gasteiger charge is 2.53. The van der Waals surface area contributed by atoms with Crippen LogP contribution < -0.4 is 9.62 Å². The average molecular weight is 502 g/mol. The van der Waals surface area contributed by atoms with Gasteiger partial charge in [0, 0.05) is 49.6 Å². The van der Waals surface area contributed by atoms with Gasteiger partial charge < -0.3 is 14.1 Å². The van der Waals surface area contributed by atoms with Gasteiger partial charge in [-0.25, -0.2) is 4.98 Å². The molecule has 3 aromatic heterocycles. The smallest absolute Gasteiger partial charge is 0.314 e. The molecule has 0 atom stereocenters. The van der Waals surface area contributed by atoms with E-state index in [1.54, 1.807) is 53.2 Å². The molecule has 182 valence electrons. The third kappa shape index (κ3) is 3.85. The maximum Gasteiger partial charge on any atom is 0.314 e. The molecule has 13 heteroatoms. The van der Waals surface area contributed by atoms with Crippen LogP contribution in [0.2, 0.25) is 0 Å². The van der Waals surface area contributed by atoms with Crippen LogP contribution in [0.5, 0.6) is 0 Å². The molecule has 0 saturated carbocycles. The van der Waals surface area contributed by atoms with Gasteiger partial charge in [-0.15, -0.1) is 10.2 Å². The first-order valence-electron chi connectivity index (χ1n) is 11.0.